The van der Waals surface area contributed by atoms with Crippen molar-refractivity contribution >= 4 is 33.2 Å². The minimum absolute atomic E-state index is 0.581. The van der Waals surface area contributed by atoms with Crippen molar-refractivity contribution in [3.05, 3.63) is 28.2 Å². The van der Waals surface area contributed by atoms with Crippen LogP contribution in [-0.4, -0.2) is 12.6 Å². The Hall–Kier alpha value is -0.210. The van der Waals surface area contributed by atoms with Gasteiger partial charge in [-0.3, -0.25) is 0 Å². The normalized spacial score (nSPS) is 16.8. The van der Waals surface area contributed by atoms with E-state index in [1.54, 1.807) is 0 Å². The summed E-state index contributed by atoms with van der Waals surface area (Å²) in [5.41, 5.74) is 2.56. The van der Waals surface area contributed by atoms with Gasteiger partial charge in [0.2, 0.25) is 0 Å². The fraction of sp³-hybridized carbons (Fsp3) is 0.600. The molecule has 100 valence electrons. The van der Waals surface area contributed by atoms with Gasteiger partial charge in [-0.2, -0.15) is 0 Å². The molecular formula is C15H21BrClN. The number of halogens is 2. The van der Waals surface area contributed by atoms with Gasteiger partial charge in [-0.1, -0.05) is 35.2 Å². The van der Waals surface area contributed by atoms with Crippen molar-refractivity contribution in [1.82, 2.24) is 0 Å². The SMILES string of the molecule is CCN(c1ccc(Br)cc1CCl)C1CCCCC1. The van der Waals surface area contributed by atoms with E-state index >= 15 is 0 Å². The fourth-order valence-electron chi connectivity index (χ4n) is 2.96. The minimum atomic E-state index is 0.581. The Morgan fingerprint density at radius 2 is 2.00 bits per heavy atom. The van der Waals surface area contributed by atoms with E-state index in [-0.39, 0.29) is 0 Å². The Labute approximate surface area is 124 Å². The first-order valence-electron chi connectivity index (χ1n) is 6.87. The molecule has 0 heterocycles. The van der Waals surface area contributed by atoms with Gasteiger partial charge in [0.1, 0.15) is 0 Å². The molecule has 1 aliphatic rings. The topological polar surface area (TPSA) is 3.24 Å². The predicted molar refractivity (Wildman–Crippen MR) is 83.6 cm³/mol. The van der Waals surface area contributed by atoms with Crippen LogP contribution >= 0.6 is 27.5 Å². The smallest absolute Gasteiger partial charge is 0.0494 e. The molecule has 0 radical (unpaired) electrons. The van der Waals surface area contributed by atoms with Crippen molar-refractivity contribution in [3.63, 3.8) is 0 Å². The van der Waals surface area contributed by atoms with Crippen LogP contribution in [0.1, 0.15) is 44.6 Å². The largest absolute Gasteiger partial charge is 0.369 e. The molecule has 1 nitrogen and oxygen atoms in total. The summed E-state index contributed by atoms with van der Waals surface area (Å²) in [6, 6.07) is 7.18. The maximum Gasteiger partial charge on any atom is 0.0494 e. The Bertz CT molecular complexity index is 388. The maximum absolute atomic E-state index is 6.10. The van der Waals surface area contributed by atoms with Crippen LogP contribution in [0.2, 0.25) is 0 Å². The van der Waals surface area contributed by atoms with E-state index in [2.05, 4.69) is 46.0 Å². The van der Waals surface area contributed by atoms with Gasteiger partial charge in [-0.15, -0.1) is 11.6 Å². The Balaban J connectivity index is 2.25. The highest BCUT2D eigenvalue weighted by molar-refractivity contribution is 9.10. The fourth-order valence-corrected chi connectivity index (χ4v) is 3.58. The molecule has 1 aliphatic carbocycles. The lowest BCUT2D eigenvalue weighted by Crippen LogP contribution is -2.37. The van der Waals surface area contributed by atoms with Crippen molar-refractivity contribution in [3.8, 4) is 0 Å². The molecule has 0 saturated heterocycles. The second-order valence-corrected chi connectivity index (χ2v) is 6.17. The maximum atomic E-state index is 6.10. The zero-order valence-corrected chi connectivity index (χ0v) is 13.3. The zero-order valence-electron chi connectivity index (χ0n) is 11.0. The molecular weight excluding hydrogens is 310 g/mol. The predicted octanol–water partition coefficient (Wildman–Crippen LogP) is 5.35. The molecule has 0 bridgehead atoms. The molecule has 3 heteroatoms. The van der Waals surface area contributed by atoms with Gasteiger partial charge in [0.15, 0.2) is 0 Å². The van der Waals surface area contributed by atoms with Gasteiger partial charge in [0.25, 0.3) is 0 Å². The van der Waals surface area contributed by atoms with Gasteiger partial charge < -0.3 is 4.90 Å². The van der Waals surface area contributed by atoms with Crippen LogP contribution in [-0.2, 0) is 5.88 Å². The Kier molecular flexibility index (Phi) is 5.38. The van der Waals surface area contributed by atoms with Gasteiger partial charge in [0, 0.05) is 28.6 Å². The zero-order chi connectivity index (χ0) is 13.0. The van der Waals surface area contributed by atoms with Crippen LogP contribution in [0.4, 0.5) is 5.69 Å². The van der Waals surface area contributed by atoms with E-state index in [0.717, 1.165) is 11.0 Å². The van der Waals surface area contributed by atoms with Crippen LogP contribution in [0, 0.1) is 0 Å². The lowest BCUT2D eigenvalue weighted by Gasteiger charge is -2.36. The molecule has 0 unspecified atom stereocenters. The van der Waals surface area contributed by atoms with Crippen molar-refractivity contribution in [2.45, 2.75) is 50.9 Å². The van der Waals surface area contributed by atoms with Gasteiger partial charge in [-0.05, 0) is 43.5 Å². The molecule has 1 aromatic carbocycles. The highest BCUT2D eigenvalue weighted by Gasteiger charge is 2.21. The standard InChI is InChI=1S/C15H21BrClN/c1-2-18(14-6-4-3-5-7-14)15-9-8-13(16)10-12(15)11-17/h8-10,14H,2-7,11H2,1H3. The molecule has 18 heavy (non-hydrogen) atoms. The summed E-state index contributed by atoms with van der Waals surface area (Å²) < 4.78 is 1.11. The van der Waals surface area contributed by atoms with Gasteiger partial charge >= 0.3 is 0 Å². The van der Waals surface area contributed by atoms with Crippen molar-refractivity contribution in [2.24, 2.45) is 0 Å². The Morgan fingerprint density at radius 1 is 1.28 bits per heavy atom. The van der Waals surface area contributed by atoms with E-state index in [0.29, 0.717) is 11.9 Å². The average Bonchev–Trinajstić information content (AvgIpc) is 2.42. The second kappa shape index (κ2) is 6.81. The molecule has 0 N–H and O–H groups in total. The summed E-state index contributed by atoms with van der Waals surface area (Å²) in [4.78, 5) is 2.54. The third kappa shape index (κ3) is 3.21. The number of rotatable bonds is 4. The van der Waals surface area contributed by atoms with E-state index in [1.165, 1.54) is 43.4 Å². The summed E-state index contributed by atoms with van der Waals surface area (Å²) in [5.74, 6) is 0.581. The van der Waals surface area contributed by atoms with Crippen LogP contribution < -0.4 is 4.90 Å². The number of benzene rings is 1. The van der Waals surface area contributed by atoms with E-state index < -0.39 is 0 Å². The molecule has 0 aromatic heterocycles. The van der Waals surface area contributed by atoms with Crippen LogP contribution in [0.3, 0.4) is 0 Å². The van der Waals surface area contributed by atoms with Crippen LogP contribution in [0.15, 0.2) is 22.7 Å². The lowest BCUT2D eigenvalue weighted by molar-refractivity contribution is 0.418. The third-order valence-corrected chi connectivity index (χ3v) is 4.63. The van der Waals surface area contributed by atoms with E-state index in [9.17, 15) is 0 Å². The molecule has 0 amide bonds. The van der Waals surface area contributed by atoms with Gasteiger partial charge in [-0.25, -0.2) is 0 Å². The Morgan fingerprint density at radius 3 is 2.61 bits per heavy atom. The first-order chi connectivity index (χ1) is 8.76. The molecule has 2 rings (SSSR count). The molecule has 0 spiro atoms. The molecule has 1 saturated carbocycles. The number of anilines is 1. The minimum Gasteiger partial charge on any atom is -0.369 e. The van der Waals surface area contributed by atoms with Gasteiger partial charge in [0.05, 0.1) is 0 Å². The number of alkyl halides is 1. The highest BCUT2D eigenvalue weighted by atomic mass is 79.9. The molecule has 0 aliphatic heterocycles. The first-order valence-corrected chi connectivity index (χ1v) is 8.20. The van der Waals surface area contributed by atoms with E-state index in [4.69, 9.17) is 11.6 Å². The van der Waals surface area contributed by atoms with Crippen LogP contribution in [0.5, 0.6) is 0 Å². The summed E-state index contributed by atoms with van der Waals surface area (Å²) >= 11 is 9.62. The quantitative estimate of drug-likeness (QED) is 0.673. The first kappa shape index (κ1) is 14.2. The summed E-state index contributed by atoms with van der Waals surface area (Å²) in [6.07, 6.45) is 6.79. The van der Waals surface area contributed by atoms with E-state index in [1.807, 2.05) is 0 Å². The number of hydrogen-bond acceptors (Lipinski definition) is 1. The molecule has 1 aromatic rings. The summed E-state index contributed by atoms with van der Waals surface area (Å²) in [6.45, 7) is 3.31. The number of hydrogen-bond donors (Lipinski definition) is 0. The molecule has 1 fully saturated rings. The lowest BCUT2D eigenvalue weighted by atomic mass is 9.93. The van der Waals surface area contributed by atoms with Crippen LogP contribution in [0.25, 0.3) is 0 Å². The highest BCUT2D eigenvalue weighted by Crippen LogP contribution is 2.31. The third-order valence-electron chi connectivity index (χ3n) is 3.85. The summed E-state index contributed by atoms with van der Waals surface area (Å²) in [7, 11) is 0. The van der Waals surface area contributed by atoms with Crippen molar-refractivity contribution in [1.29, 1.82) is 0 Å². The van der Waals surface area contributed by atoms with Crippen molar-refractivity contribution in [2.75, 3.05) is 11.4 Å². The molecule has 0 atom stereocenters. The summed E-state index contributed by atoms with van der Waals surface area (Å²) in [5, 5.41) is 0. The van der Waals surface area contributed by atoms with Crippen molar-refractivity contribution < 1.29 is 0 Å². The number of nitrogens with zero attached hydrogens (tertiary/aromatic N) is 1. The second-order valence-electron chi connectivity index (χ2n) is 4.98. The monoisotopic (exact) mass is 329 g/mol. The average molecular weight is 331 g/mol.